The topological polar surface area (TPSA) is 35.5 Å². The minimum absolute atomic E-state index is 0.160. The molecule has 1 fully saturated rings. The Morgan fingerprint density at radius 3 is 2.83 bits per heavy atom. The predicted octanol–water partition coefficient (Wildman–Crippen LogP) is 4.78. The zero-order chi connectivity index (χ0) is 17.2. The van der Waals surface area contributed by atoms with Crippen molar-refractivity contribution >= 4 is 6.29 Å². The van der Waals surface area contributed by atoms with Gasteiger partial charge in [0.1, 0.15) is 6.29 Å². The van der Waals surface area contributed by atoms with Crippen LogP contribution in [0.25, 0.3) is 0 Å². The average molecular weight is 332 g/mol. The molecule has 134 valence electrons. The molecule has 2 rings (SSSR count). The molecule has 0 unspecified atom stereocenters. The fourth-order valence-electron chi connectivity index (χ4n) is 3.49. The molecule has 1 saturated heterocycles. The summed E-state index contributed by atoms with van der Waals surface area (Å²) in [6.07, 6.45) is 7.82. The highest BCUT2D eigenvalue weighted by atomic mass is 16.5. The van der Waals surface area contributed by atoms with Crippen LogP contribution in [0.2, 0.25) is 0 Å². The first kappa shape index (κ1) is 19.1. The molecule has 1 aromatic carbocycles. The average Bonchev–Trinajstić information content (AvgIpc) is 2.92. The molecule has 3 nitrogen and oxygen atoms in total. The Morgan fingerprint density at radius 2 is 2.08 bits per heavy atom. The van der Waals surface area contributed by atoms with Gasteiger partial charge in [-0.1, -0.05) is 57.0 Å². The third-order valence-corrected chi connectivity index (χ3v) is 4.95. The Labute approximate surface area is 146 Å². The molecule has 0 spiro atoms. The van der Waals surface area contributed by atoms with Gasteiger partial charge in [-0.25, -0.2) is 0 Å². The maximum absolute atomic E-state index is 10.6. The van der Waals surface area contributed by atoms with Crippen molar-refractivity contribution in [3.05, 3.63) is 35.9 Å². The van der Waals surface area contributed by atoms with Crippen molar-refractivity contribution < 1.29 is 14.3 Å². The van der Waals surface area contributed by atoms with E-state index in [2.05, 4.69) is 26.0 Å². The predicted molar refractivity (Wildman–Crippen MR) is 96.9 cm³/mol. The summed E-state index contributed by atoms with van der Waals surface area (Å²) in [5, 5.41) is 0. The number of rotatable bonds is 11. The van der Waals surface area contributed by atoms with Gasteiger partial charge in [0.05, 0.1) is 18.8 Å². The van der Waals surface area contributed by atoms with Crippen LogP contribution in [0, 0.1) is 11.8 Å². The van der Waals surface area contributed by atoms with Crippen LogP contribution in [0.1, 0.15) is 57.9 Å². The summed E-state index contributed by atoms with van der Waals surface area (Å²) in [7, 11) is 0. The number of carbonyl (C=O) groups excluding carboxylic acids is 1. The van der Waals surface area contributed by atoms with E-state index in [1.807, 2.05) is 18.2 Å². The van der Waals surface area contributed by atoms with E-state index in [4.69, 9.17) is 9.47 Å². The molecule has 0 bridgehead atoms. The van der Waals surface area contributed by atoms with E-state index in [-0.39, 0.29) is 6.10 Å². The van der Waals surface area contributed by atoms with Crippen molar-refractivity contribution in [2.75, 3.05) is 6.61 Å². The molecule has 0 aliphatic carbocycles. The number of unbranched alkanes of at least 4 members (excludes halogenated alkanes) is 1. The van der Waals surface area contributed by atoms with E-state index in [1.54, 1.807) is 0 Å². The van der Waals surface area contributed by atoms with Gasteiger partial charge in [-0.3, -0.25) is 0 Å². The van der Waals surface area contributed by atoms with E-state index >= 15 is 0 Å². The summed E-state index contributed by atoms with van der Waals surface area (Å²) in [6.45, 7) is 6.04. The second kappa shape index (κ2) is 10.6. The van der Waals surface area contributed by atoms with Gasteiger partial charge >= 0.3 is 0 Å². The standard InChI is InChI=1S/C21H32O3/c1-17(15-23-16-19-9-4-3-5-10-19)8-6-7-11-21-18(2)14-20(24-21)12-13-22/h3-5,9-10,13,17-18,20-21H,6-8,11-12,14-16H2,1-2H3/t17-,18-,20-,21-/m0/s1. The molecule has 1 aliphatic heterocycles. The summed E-state index contributed by atoms with van der Waals surface area (Å²) in [5.41, 5.74) is 1.24. The van der Waals surface area contributed by atoms with E-state index in [1.165, 1.54) is 24.8 Å². The Bertz CT molecular complexity index is 459. The summed E-state index contributed by atoms with van der Waals surface area (Å²) >= 11 is 0. The fourth-order valence-corrected chi connectivity index (χ4v) is 3.49. The smallest absolute Gasteiger partial charge is 0.122 e. The Hall–Kier alpha value is -1.19. The number of ether oxygens (including phenoxy) is 2. The number of aldehydes is 1. The largest absolute Gasteiger partial charge is 0.376 e. The van der Waals surface area contributed by atoms with Crippen molar-refractivity contribution in [3.8, 4) is 0 Å². The molecule has 1 heterocycles. The third-order valence-electron chi connectivity index (χ3n) is 4.95. The molecular weight excluding hydrogens is 300 g/mol. The van der Waals surface area contributed by atoms with Crippen LogP contribution in [0.4, 0.5) is 0 Å². The summed E-state index contributed by atoms with van der Waals surface area (Å²) in [4.78, 5) is 10.6. The maximum Gasteiger partial charge on any atom is 0.122 e. The van der Waals surface area contributed by atoms with Crippen molar-refractivity contribution in [1.29, 1.82) is 0 Å². The van der Waals surface area contributed by atoms with Crippen molar-refractivity contribution in [3.63, 3.8) is 0 Å². The van der Waals surface area contributed by atoms with Gasteiger partial charge in [0.15, 0.2) is 0 Å². The van der Waals surface area contributed by atoms with Gasteiger partial charge in [-0.2, -0.15) is 0 Å². The normalized spacial score (nSPS) is 24.8. The highest BCUT2D eigenvalue weighted by Gasteiger charge is 2.31. The highest BCUT2D eigenvalue weighted by Crippen LogP contribution is 2.30. The first-order chi connectivity index (χ1) is 11.7. The van der Waals surface area contributed by atoms with Crippen LogP contribution in [0.3, 0.4) is 0 Å². The van der Waals surface area contributed by atoms with Gasteiger partial charge in [0.2, 0.25) is 0 Å². The summed E-state index contributed by atoms with van der Waals surface area (Å²) < 4.78 is 11.8. The van der Waals surface area contributed by atoms with Crippen molar-refractivity contribution in [2.45, 2.75) is 71.2 Å². The third kappa shape index (κ3) is 6.74. The van der Waals surface area contributed by atoms with E-state index in [9.17, 15) is 4.79 Å². The lowest BCUT2D eigenvalue weighted by Crippen LogP contribution is -2.14. The number of benzene rings is 1. The Balaban J connectivity index is 1.51. The zero-order valence-corrected chi connectivity index (χ0v) is 15.2. The van der Waals surface area contributed by atoms with Gasteiger partial charge in [0.25, 0.3) is 0 Å². The number of hydrogen-bond donors (Lipinski definition) is 0. The number of hydrogen-bond acceptors (Lipinski definition) is 3. The Morgan fingerprint density at radius 1 is 1.29 bits per heavy atom. The van der Waals surface area contributed by atoms with Gasteiger partial charge in [-0.15, -0.1) is 0 Å². The van der Waals surface area contributed by atoms with E-state index in [0.717, 1.165) is 25.7 Å². The van der Waals surface area contributed by atoms with Gasteiger partial charge in [0, 0.05) is 13.0 Å². The van der Waals surface area contributed by atoms with Gasteiger partial charge in [-0.05, 0) is 36.7 Å². The van der Waals surface area contributed by atoms with Gasteiger partial charge < -0.3 is 14.3 Å². The van der Waals surface area contributed by atoms with Crippen LogP contribution in [-0.4, -0.2) is 25.1 Å². The van der Waals surface area contributed by atoms with Crippen molar-refractivity contribution in [1.82, 2.24) is 0 Å². The zero-order valence-electron chi connectivity index (χ0n) is 15.2. The SMILES string of the molecule is C[C@@H](CCCC[C@@H]1O[C@@H](CC=O)C[C@@H]1C)COCc1ccccc1. The minimum Gasteiger partial charge on any atom is -0.376 e. The lowest BCUT2D eigenvalue weighted by Gasteiger charge is -2.16. The molecule has 0 amide bonds. The lowest BCUT2D eigenvalue weighted by atomic mass is 9.95. The first-order valence-corrected chi connectivity index (χ1v) is 9.39. The molecular formula is C21H32O3. The van der Waals surface area contributed by atoms with Crippen LogP contribution in [-0.2, 0) is 20.9 Å². The monoisotopic (exact) mass is 332 g/mol. The molecule has 24 heavy (non-hydrogen) atoms. The molecule has 0 N–H and O–H groups in total. The summed E-state index contributed by atoms with van der Waals surface area (Å²) in [5.74, 6) is 1.18. The summed E-state index contributed by atoms with van der Waals surface area (Å²) in [6, 6.07) is 10.3. The molecule has 0 saturated carbocycles. The second-order valence-electron chi connectivity index (χ2n) is 7.30. The van der Waals surface area contributed by atoms with Crippen molar-refractivity contribution in [2.24, 2.45) is 11.8 Å². The quantitative estimate of drug-likeness (QED) is 0.432. The second-order valence-corrected chi connectivity index (χ2v) is 7.30. The molecule has 1 aromatic rings. The lowest BCUT2D eigenvalue weighted by molar-refractivity contribution is -0.110. The fraction of sp³-hybridized carbons (Fsp3) is 0.667. The van der Waals surface area contributed by atoms with E-state index in [0.29, 0.717) is 31.0 Å². The molecule has 4 atom stereocenters. The first-order valence-electron chi connectivity index (χ1n) is 9.39. The van der Waals surface area contributed by atoms with E-state index < -0.39 is 0 Å². The minimum atomic E-state index is 0.160. The van der Waals surface area contributed by atoms with Crippen LogP contribution < -0.4 is 0 Å². The Kier molecular flexibility index (Phi) is 8.48. The molecule has 1 aliphatic rings. The maximum atomic E-state index is 10.6. The highest BCUT2D eigenvalue weighted by molar-refractivity contribution is 5.50. The molecule has 0 aromatic heterocycles. The van der Waals surface area contributed by atoms with Crippen LogP contribution in [0.5, 0.6) is 0 Å². The molecule has 0 radical (unpaired) electrons. The number of carbonyl (C=O) groups is 1. The van der Waals surface area contributed by atoms with Crippen LogP contribution >= 0.6 is 0 Å². The van der Waals surface area contributed by atoms with Crippen LogP contribution in [0.15, 0.2) is 30.3 Å². The molecule has 3 heteroatoms.